The van der Waals surface area contributed by atoms with Crippen molar-refractivity contribution in [3.8, 4) is 5.75 Å². The van der Waals surface area contributed by atoms with Gasteiger partial charge in [0.25, 0.3) is 0 Å². The average Bonchev–Trinajstić information content (AvgIpc) is 2.27. The van der Waals surface area contributed by atoms with E-state index in [1.54, 1.807) is 27.7 Å². The Morgan fingerprint density at radius 1 is 1.33 bits per heavy atom. The molecule has 0 aromatic heterocycles. The molecule has 0 heterocycles. The number of phenolic OH excluding ortho intramolecular Hbond substituents is 1. The lowest BCUT2D eigenvalue weighted by Gasteiger charge is -2.21. The maximum Gasteiger partial charge on any atom is 0.412 e. The number of anilines is 1. The number of phenols is 1. The summed E-state index contributed by atoms with van der Waals surface area (Å²) >= 11 is 0. The van der Waals surface area contributed by atoms with E-state index in [0.29, 0.717) is 11.3 Å². The number of carboxylic acid groups (broad SMARTS) is 1. The highest BCUT2D eigenvalue weighted by Crippen LogP contribution is 2.30. The molecule has 0 radical (unpaired) electrons. The van der Waals surface area contributed by atoms with E-state index in [2.05, 4.69) is 5.32 Å². The Morgan fingerprint density at radius 2 is 1.95 bits per heavy atom. The number of benzene rings is 1. The number of aliphatic carboxylic acids is 1. The van der Waals surface area contributed by atoms with Crippen LogP contribution in [-0.2, 0) is 9.53 Å². The molecule has 0 aliphatic heterocycles. The molecule has 0 spiro atoms. The SMILES string of the molecule is CC(CC(=O)O)c1cc(O)ccc1NC(=O)OC(C)(C)C. The first-order valence-corrected chi connectivity index (χ1v) is 6.63. The van der Waals surface area contributed by atoms with Gasteiger partial charge in [0, 0.05) is 5.69 Å². The van der Waals surface area contributed by atoms with Crippen LogP contribution in [-0.4, -0.2) is 27.9 Å². The first-order chi connectivity index (χ1) is 9.58. The Hall–Kier alpha value is -2.24. The highest BCUT2D eigenvalue weighted by atomic mass is 16.6. The Balaban J connectivity index is 2.96. The topological polar surface area (TPSA) is 95.9 Å². The van der Waals surface area contributed by atoms with E-state index < -0.39 is 17.7 Å². The molecule has 0 fully saturated rings. The van der Waals surface area contributed by atoms with E-state index >= 15 is 0 Å². The fraction of sp³-hybridized carbons (Fsp3) is 0.467. The molecule has 3 N–H and O–H groups in total. The van der Waals surface area contributed by atoms with Crippen molar-refractivity contribution in [3.63, 3.8) is 0 Å². The molecule has 1 amide bonds. The number of hydrogen-bond acceptors (Lipinski definition) is 4. The van der Waals surface area contributed by atoms with Crippen LogP contribution in [0.1, 0.15) is 45.6 Å². The zero-order valence-electron chi connectivity index (χ0n) is 12.6. The maximum atomic E-state index is 11.8. The van der Waals surface area contributed by atoms with Crippen LogP contribution in [0.5, 0.6) is 5.75 Å². The number of carbonyl (C=O) groups excluding carboxylic acids is 1. The van der Waals surface area contributed by atoms with E-state index in [-0.39, 0.29) is 18.1 Å². The lowest BCUT2D eigenvalue weighted by atomic mass is 9.96. The molecule has 1 unspecified atom stereocenters. The van der Waals surface area contributed by atoms with E-state index in [1.165, 1.54) is 18.2 Å². The number of nitrogens with one attached hydrogen (secondary N) is 1. The van der Waals surface area contributed by atoms with Crippen molar-refractivity contribution < 1.29 is 24.5 Å². The Labute approximate surface area is 123 Å². The van der Waals surface area contributed by atoms with Gasteiger partial charge in [-0.2, -0.15) is 0 Å². The predicted octanol–water partition coefficient (Wildman–Crippen LogP) is 3.32. The zero-order valence-corrected chi connectivity index (χ0v) is 12.6. The van der Waals surface area contributed by atoms with Crippen molar-refractivity contribution in [2.45, 2.75) is 45.6 Å². The minimum atomic E-state index is -0.950. The summed E-state index contributed by atoms with van der Waals surface area (Å²) in [5.74, 6) is -1.30. The smallest absolute Gasteiger partial charge is 0.412 e. The van der Waals surface area contributed by atoms with Gasteiger partial charge in [-0.3, -0.25) is 10.1 Å². The Bertz CT molecular complexity index is 533. The molecule has 1 rings (SSSR count). The van der Waals surface area contributed by atoms with Gasteiger partial charge in [-0.15, -0.1) is 0 Å². The standard InChI is InChI=1S/C15H21NO5/c1-9(7-13(18)19)11-8-10(17)5-6-12(11)16-14(20)21-15(2,3)4/h5-6,8-9,17H,7H2,1-4H3,(H,16,20)(H,18,19). The minimum absolute atomic E-state index is 0.0111. The maximum absolute atomic E-state index is 11.8. The van der Waals surface area contributed by atoms with Gasteiger partial charge in [-0.1, -0.05) is 6.92 Å². The van der Waals surface area contributed by atoms with Crippen molar-refractivity contribution in [1.29, 1.82) is 0 Å². The third kappa shape index (κ3) is 5.72. The van der Waals surface area contributed by atoms with Gasteiger partial charge in [-0.25, -0.2) is 4.79 Å². The van der Waals surface area contributed by atoms with Crippen LogP contribution in [0.15, 0.2) is 18.2 Å². The van der Waals surface area contributed by atoms with Gasteiger partial charge < -0.3 is 14.9 Å². The van der Waals surface area contributed by atoms with Crippen LogP contribution < -0.4 is 5.32 Å². The molecule has 0 bridgehead atoms. The van der Waals surface area contributed by atoms with Crippen molar-refractivity contribution in [3.05, 3.63) is 23.8 Å². The Kier molecular flexibility index (Phi) is 5.18. The summed E-state index contributed by atoms with van der Waals surface area (Å²) in [4.78, 5) is 22.6. The number of hydrogen-bond donors (Lipinski definition) is 3. The molecule has 21 heavy (non-hydrogen) atoms. The molecule has 1 aromatic carbocycles. The quantitative estimate of drug-likeness (QED) is 0.740. The minimum Gasteiger partial charge on any atom is -0.508 e. The van der Waals surface area contributed by atoms with Crippen LogP contribution in [0, 0.1) is 0 Å². The van der Waals surface area contributed by atoms with E-state index in [4.69, 9.17) is 9.84 Å². The molecule has 1 atom stereocenters. The third-order valence-corrected chi connectivity index (χ3v) is 2.68. The summed E-state index contributed by atoms with van der Waals surface area (Å²) < 4.78 is 5.16. The summed E-state index contributed by atoms with van der Waals surface area (Å²) in [7, 11) is 0. The first kappa shape index (κ1) is 16.8. The van der Waals surface area contributed by atoms with Crippen molar-refractivity contribution >= 4 is 17.7 Å². The summed E-state index contributed by atoms with van der Waals surface area (Å²) in [6.07, 6.45) is -0.733. The summed E-state index contributed by atoms with van der Waals surface area (Å²) in [6.45, 7) is 6.95. The lowest BCUT2D eigenvalue weighted by Crippen LogP contribution is -2.27. The van der Waals surface area contributed by atoms with Gasteiger partial charge in [0.05, 0.1) is 6.42 Å². The lowest BCUT2D eigenvalue weighted by molar-refractivity contribution is -0.137. The van der Waals surface area contributed by atoms with Crippen LogP contribution in [0.25, 0.3) is 0 Å². The first-order valence-electron chi connectivity index (χ1n) is 6.63. The number of ether oxygens (including phenoxy) is 1. The van der Waals surface area contributed by atoms with Crippen LogP contribution in [0.4, 0.5) is 10.5 Å². The number of rotatable bonds is 4. The molecule has 6 heteroatoms. The molecule has 0 aliphatic rings. The highest BCUT2D eigenvalue weighted by Gasteiger charge is 2.20. The van der Waals surface area contributed by atoms with Crippen molar-refractivity contribution in [2.24, 2.45) is 0 Å². The molecular weight excluding hydrogens is 274 g/mol. The van der Waals surface area contributed by atoms with Gasteiger partial charge >= 0.3 is 12.1 Å². The molecule has 0 saturated carbocycles. The zero-order chi connectivity index (χ0) is 16.2. The fourth-order valence-electron chi connectivity index (χ4n) is 1.86. The van der Waals surface area contributed by atoms with E-state index in [0.717, 1.165) is 0 Å². The number of carbonyl (C=O) groups is 2. The number of amides is 1. The van der Waals surface area contributed by atoms with E-state index in [9.17, 15) is 14.7 Å². The number of carboxylic acids is 1. The molecule has 6 nitrogen and oxygen atoms in total. The third-order valence-electron chi connectivity index (χ3n) is 2.68. The largest absolute Gasteiger partial charge is 0.508 e. The highest BCUT2D eigenvalue weighted by molar-refractivity contribution is 5.86. The van der Waals surface area contributed by atoms with Gasteiger partial charge in [0.1, 0.15) is 11.4 Å². The fourth-order valence-corrected chi connectivity index (χ4v) is 1.86. The van der Waals surface area contributed by atoms with Gasteiger partial charge in [0.2, 0.25) is 0 Å². The van der Waals surface area contributed by atoms with Crippen molar-refractivity contribution in [2.75, 3.05) is 5.32 Å². The normalized spacial score (nSPS) is 12.6. The second kappa shape index (κ2) is 6.47. The summed E-state index contributed by atoms with van der Waals surface area (Å²) in [5.41, 5.74) is 0.340. The molecule has 1 aromatic rings. The second-order valence-electron chi connectivity index (χ2n) is 5.90. The molecule has 116 valence electrons. The summed E-state index contributed by atoms with van der Waals surface area (Å²) in [5, 5.41) is 21.0. The van der Waals surface area contributed by atoms with Crippen molar-refractivity contribution in [1.82, 2.24) is 0 Å². The van der Waals surface area contributed by atoms with Crippen LogP contribution in [0.2, 0.25) is 0 Å². The second-order valence-corrected chi connectivity index (χ2v) is 5.90. The summed E-state index contributed by atoms with van der Waals surface area (Å²) in [6, 6.07) is 4.39. The molecule has 0 saturated heterocycles. The van der Waals surface area contributed by atoms with Gasteiger partial charge in [-0.05, 0) is 50.5 Å². The van der Waals surface area contributed by atoms with E-state index in [1.807, 2.05) is 0 Å². The van der Waals surface area contributed by atoms with Crippen LogP contribution >= 0.6 is 0 Å². The predicted molar refractivity (Wildman–Crippen MR) is 78.6 cm³/mol. The Morgan fingerprint density at radius 3 is 2.48 bits per heavy atom. The molecule has 0 aliphatic carbocycles. The van der Waals surface area contributed by atoms with Crippen LogP contribution in [0.3, 0.4) is 0 Å². The average molecular weight is 295 g/mol. The van der Waals surface area contributed by atoms with Gasteiger partial charge in [0.15, 0.2) is 0 Å². The molecular formula is C15H21NO5. The monoisotopic (exact) mass is 295 g/mol. The number of aromatic hydroxyl groups is 1.